The first-order valence-corrected chi connectivity index (χ1v) is 8.77. The summed E-state index contributed by atoms with van der Waals surface area (Å²) in [5.74, 6) is 0.428. The Balaban J connectivity index is 2.15. The fraction of sp³-hybridized carbons (Fsp3) is 0.238. The van der Waals surface area contributed by atoms with Gasteiger partial charge in [-0.3, -0.25) is 10.1 Å². The van der Waals surface area contributed by atoms with Gasteiger partial charge in [0.05, 0.1) is 7.05 Å². The van der Waals surface area contributed by atoms with Crippen molar-refractivity contribution in [3.05, 3.63) is 78.4 Å². The molecular weight excluding hydrogens is 342 g/mol. The molecule has 0 saturated heterocycles. The first-order chi connectivity index (χ1) is 13.0. The molecule has 6 nitrogen and oxygen atoms in total. The number of imide groups is 1. The highest BCUT2D eigenvalue weighted by atomic mass is 16.5. The van der Waals surface area contributed by atoms with E-state index in [0.29, 0.717) is 13.2 Å². The van der Waals surface area contributed by atoms with Crippen LogP contribution in [0.15, 0.2) is 67.3 Å². The summed E-state index contributed by atoms with van der Waals surface area (Å²) in [6.45, 7) is 4.70. The Kier molecular flexibility index (Phi) is 7.58. The third-order valence-electron chi connectivity index (χ3n) is 4.13. The van der Waals surface area contributed by atoms with Crippen molar-refractivity contribution < 1.29 is 19.2 Å². The first-order valence-electron chi connectivity index (χ1n) is 8.77. The molecule has 0 heterocycles. The van der Waals surface area contributed by atoms with Gasteiger partial charge in [0.15, 0.2) is 6.04 Å². The van der Waals surface area contributed by atoms with E-state index in [1.165, 1.54) is 7.05 Å². The van der Waals surface area contributed by atoms with Crippen molar-refractivity contribution in [2.45, 2.75) is 12.6 Å². The number of hydrogen-bond donors (Lipinski definition) is 3. The summed E-state index contributed by atoms with van der Waals surface area (Å²) in [7, 11) is 3.41. The average Bonchev–Trinajstić information content (AvgIpc) is 2.68. The number of hydrogen-bond acceptors (Lipinski definition) is 3. The van der Waals surface area contributed by atoms with Crippen molar-refractivity contribution in [3.63, 3.8) is 0 Å². The monoisotopic (exact) mass is 368 g/mol. The summed E-state index contributed by atoms with van der Waals surface area (Å²) >= 11 is 0. The number of rotatable bonds is 8. The Hall–Kier alpha value is -3.12. The van der Waals surface area contributed by atoms with Crippen LogP contribution in [-0.4, -0.2) is 32.6 Å². The van der Waals surface area contributed by atoms with E-state index >= 15 is 0 Å². The normalized spacial score (nSPS) is 12.5. The number of likely N-dealkylation sites (N-methyl/N-ethyl adjacent to an activating group) is 1. The fourth-order valence-electron chi connectivity index (χ4n) is 2.83. The molecule has 0 radical (unpaired) electrons. The number of amides is 3. The van der Waals surface area contributed by atoms with Crippen LogP contribution in [0.25, 0.3) is 0 Å². The molecule has 1 unspecified atom stereocenters. The van der Waals surface area contributed by atoms with E-state index in [9.17, 15) is 9.59 Å². The fourth-order valence-corrected chi connectivity index (χ4v) is 2.83. The van der Waals surface area contributed by atoms with Gasteiger partial charge in [0.2, 0.25) is 0 Å². The van der Waals surface area contributed by atoms with Crippen LogP contribution in [0.2, 0.25) is 0 Å². The lowest BCUT2D eigenvalue weighted by molar-refractivity contribution is -0.916. The zero-order chi connectivity index (χ0) is 19.6. The second-order valence-electron chi connectivity index (χ2n) is 6.18. The van der Waals surface area contributed by atoms with Gasteiger partial charge in [0, 0.05) is 18.2 Å². The van der Waals surface area contributed by atoms with Crippen LogP contribution in [0.1, 0.15) is 17.2 Å². The lowest BCUT2D eigenvalue weighted by Gasteiger charge is -2.24. The molecule has 3 N–H and O–H groups in total. The highest BCUT2D eigenvalue weighted by Gasteiger charge is 2.30. The zero-order valence-corrected chi connectivity index (χ0v) is 15.7. The molecule has 27 heavy (non-hydrogen) atoms. The summed E-state index contributed by atoms with van der Waals surface area (Å²) in [4.78, 5) is 25.2. The first kappa shape index (κ1) is 20.2. The van der Waals surface area contributed by atoms with Crippen molar-refractivity contribution in [2.75, 3.05) is 20.7 Å². The van der Waals surface area contributed by atoms with Crippen LogP contribution < -0.4 is 20.3 Å². The molecule has 0 aliphatic rings. The van der Waals surface area contributed by atoms with Crippen LogP contribution >= 0.6 is 0 Å². The van der Waals surface area contributed by atoms with Crippen molar-refractivity contribution in [2.24, 2.45) is 0 Å². The van der Waals surface area contributed by atoms with Crippen molar-refractivity contribution >= 4 is 11.9 Å². The molecule has 0 fully saturated rings. The third kappa shape index (κ3) is 5.97. The molecule has 0 spiro atoms. The molecule has 142 valence electrons. The number of ether oxygens (including phenoxy) is 1. The van der Waals surface area contributed by atoms with E-state index in [1.807, 2.05) is 61.6 Å². The van der Waals surface area contributed by atoms with Crippen LogP contribution in [0.4, 0.5) is 4.79 Å². The van der Waals surface area contributed by atoms with Gasteiger partial charge in [-0.05, 0) is 24.3 Å². The Labute approximate surface area is 159 Å². The molecule has 0 aliphatic heterocycles. The summed E-state index contributed by atoms with van der Waals surface area (Å²) in [6.07, 6.45) is 1.70. The standard InChI is InChI=1S/C21H25N3O3/c1-4-14-27-18-12-10-16(11-13-18)15-24(3)19(17-8-6-5-7-9-17)20(25)23-21(26)22-2/h4-13,19H,1,14-15H2,2-3H3,(H2,22,23,25,26)/p+1/t19-/m1/s1. The molecule has 0 aromatic heterocycles. The molecule has 2 aromatic carbocycles. The Morgan fingerprint density at radius 3 is 2.41 bits per heavy atom. The summed E-state index contributed by atoms with van der Waals surface area (Å²) in [6, 6.07) is 16.2. The van der Waals surface area contributed by atoms with E-state index < -0.39 is 12.1 Å². The van der Waals surface area contributed by atoms with E-state index in [4.69, 9.17) is 4.74 Å². The van der Waals surface area contributed by atoms with Gasteiger partial charge in [-0.15, -0.1) is 0 Å². The number of carbonyl (C=O) groups excluding carboxylic acids is 2. The predicted molar refractivity (Wildman–Crippen MR) is 105 cm³/mol. The largest absolute Gasteiger partial charge is 0.490 e. The highest BCUT2D eigenvalue weighted by molar-refractivity contribution is 5.96. The third-order valence-corrected chi connectivity index (χ3v) is 4.13. The number of benzene rings is 2. The summed E-state index contributed by atoms with van der Waals surface area (Å²) < 4.78 is 5.49. The lowest BCUT2D eigenvalue weighted by Crippen LogP contribution is -3.09. The Bertz CT molecular complexity index is 760. The topological polar surface area (TPSA) is 71.9 Å². The van der Waals surface area contributed by atoms with Gasteiger partial charge in [-0.2, -0.15) is 0 Å². The summed E-state index contributed by atoms with van der Waals surface area (Å²) in [5, 5.41) is 4.80. The number of carbonyl (C=O) groups is 2. The molecule has 6 heteroatoms. The van der Waals surface area contributed by atoms with Crippen LogP contribution in [0.3, 0.4) is 0 Å². The highest BCUT2D eigenvalue weighted by Crippen LogP contribution is 2.13. The predicted octanol–water partition coefficient (Wildman–Crippen LogP) is 1.46. The smallest absolute Gasteiger partial charge is 0.321 e. The van der Waals surface area contributed by atoms with Gasteiger partial charge in [-0.1, -0.05) is 43.0 Å². The number of quaternary nitrogens is 1. The van der Waals surface area contributed by atoms with Crippen LogP contribution in [0.5, 0.6) is 5.75 Å². The zero-order valence-electron chi connectivity index (χ0n) is 15.7. The van der Waals surface area contributed by atoms with Gasteiger partial charge >= 0.3 is 6.03 Å². The molecule has 2 rings (SSSR count). The Morgan fingerprint density at radius 2 is 1.81 bits per heavy atom. The van der Waals surface area contributed by atoms with Crippen LogP contribution in [0, 0.1) is 0 Å². The SMILES string of the molecule is C=CCOc1ccc(C[NH+](C)[C@@H](C(=O)NC(=O)NC)c2ccccc2)cc1. The van der Waals surface area contributed by atoms with Gasteiger partial charge in [0.25, 0.3) is 5.91 Å². The minimum atomic E-state index is -0.516. The van der Waals surface area contributed by atoms with E-state index in [1.54, 1.807) is 6.08 Å². The maximum absolute atomic E-state index is 12.7. The number of nitrogens with one attached hydrogen (secondary N) is 3. The van der Waals surface area contributed by atoms with Crippen molar-refractivity contribution in [1.82, 2.24) is 10.6 Å². The Morgan fingerprint density at radius 1 is 1.15 bits per heavy atom. The van der Waals surface area contributed by atoms with E-state index in [-0.39, 0.29) is 5.91 Å². The molecule has 2 atom stereocenters. The maximum atomic E-state index is 12.7. The van der Waals surface area contributed by atoms with E-state index in [0.717, 1.165) is 21.8 Å². The lowest BCUT2D eigenvalue weighted by atomic mass is 10.0. The average molecular weight is 368 g/mol. The van der Waals surface area contributed by atoms with Crippen LogP contribution in [-0.2, 0) is 11.3 Å². The molecule has 3 amide bonds. The van der Waals surface area contributed by atoms with Gasteiger partial charge < -0.3 is 15.0 Å². The molecular formula is C21H26N3O3+. The van der Waals surface area contributed by atoms with Crippen molar-refractivity contribution in [1.29, 1.82) is 0 Å². The molecule has 0 aliphatic carbocycles. The maximum Gasteiger partial charge on any atom is 0.321 e. The minimum absolute atomic E-state index is 0.344. The van der Waals surface area contributed by atoms with Gasteiger partial charge in [-0.25, -0.2) is 4.79 Å². The van der Waals surface area contributed by atoms with Crippen molar-refractivity contribution in [3.8, 4) is 5.75 Å². The number of urea groups is 1. The molecule has 0 saturated carbocycles. The quantitative estimate of drug-likeness (QED) is 0.618. The minimum Gasteiger partial charge on any atom is -0.490 e. The van der Waals surface area contributed by atoms with Gasteiger partial charge in [0.1, 0.15) is 18.9 Å². The summed E-state index contributed by atoms with van der Waals surface area (Å²) in [5.41, 5.74) is 1.91. The molecule has 0 bridgehead atoms. The van der Waals surface area contributed by atoms with E-state index in [2.05, 4.69) is 17.2 Å². The second kappa shape index (κ2) is 10.1. The second-order valence-corrected chi connectivity index (χ2v) is 6.18. The molecule has 2 aromatic rings.